The average Bonchev–Trinajstić information content (AvgIpc) is 2.60. The van der Waals surface area contributed by atoms with E-state index >= 15 is 0 Å². The Morgan fingerprint density at radius 2 is 2.18 bits per heavy atom. The Bertz CT molecular complexity index is 585. The third-order valence-corrected chi connectivity index (χ3v) is 2.51. The second kappa shape index (κ2) is 4.21. The van der Waals surface area contributed by atoms with Crippen molar-refractivity contribution in [2.75, 3.05) is 21.1 Å². The highest BCUT2D eigenvalue weighted by atomic mass is 35.5. The Balaban J connectivity index is 2.71. The normalized spacial score (nSPS) is 12.7. The smallest absolute Gasteiger partial charge is 0.381 e. The monoisotopic (exact) mass is 253 g/mol. The third-order valence-electron chi connectivity index (χ3n) is 2.28. The molecule has 0 atom stereocenters. The van der Waals surface area contributed by atoms with Gasteiger partial charge in [0, 0.05) is 16.3 Å². The van der Waals surface area contributed by atoms with Crippen LogP contribution in [0.3, 0.4) is 0 Å². The minimum Gasteiger partial charge on any atom is -0.745 e. The molecule has 0 saturated heterocycles. The summed E-state index contributed by atoms with van der Waals surface area (Å²) in [4.78, 5) is 1.67. The molecule has 0 amide bonds. The molecule has 0 unspecified atom stereocenters. The molecule has 1 aromatic heterocycles. The Labute approximate surface area is 103 Å². The summed E-state index contributed by atoms with van der Waals surface area (Å²) in [5.74, 6) is 0.370. The summed E-state index contributed by atoms with van der Waals surface area (Å²) < 4.78 is 2.20. The van der Waals surface area contributed by atoms with Gasteiger partial charge in [-0.25, -0.2) is 0 Å². The number of benzene rings is 1. The summed E-state index contributed by atoms with van der Waals surface area (Å²) in [6.45, 7) is 0. The van der Waals surface area contributed by atoms with E-state index in [1.165, 1.54) is 11.7 Å². The lowest BCUT2D eigenvalue weighted by molar-refractivity contribution is -0.431. The molecule has 0 aliphatic heterocycles. The van der Waals surface area contributed by atoms with Crippen molar-refractivity contribution in [1.29, 1.82) is 0 Å². The van der Waals surface area contributed by atoms with E-state index in [9.17, 15) is 5.21 Å². The highest BCUT2D eigenvalue weighted by molar-refractivity contribution is 6.31. The lowest BCUT2D eigenvalue weighted by Gasteiger charge is -2.14. The standard InChI is InChI=1S/C10H12ClN5O/c1-14(2)10(15(3)17)16-9-6-7(11)4-5-8(9)12-13-16/h4-6H,1-3H3/b15-10-. The zero-order chi connectivity index (χ0) is 12.6. The van der Waals surface area contributed by atoms with Crippen molar-refractivity contribution in [3.63, 3.8) is 0 Å². The summed E-state index contributed by atoms with van der Waals surface area (Å²) in [6.07, 6.45) is 0. The van der Waals surface area contributed by atoms with E-state index in [-0.39, 0.29) is 0 Å². The van der Waals surface area contributed by atoms with E-state index in [1.54, 1.807) is 37.2 Å². The summed E-state index contributed by atoms with van der Waals surface area (Å²) >= 11 is 5.93. The van der Waals surface area contributed by atoms with Gasteiger partial charge in [-0.2, -0.15) is 0 Å². The molecule has 1 heterocycles. The van der Waals surface area contributed by atoms with Gasteiger partial charge >= 0.3 is 5.96 Å². The van der Waals surface area contributed by atoms with E-state index < -0.39 is 0 Å². The van der Waals surface area contributed by atoms with Crippen LogP contribution in [0.15, 0.2) is 18.2 Å². The maximum absolute atomic E-state index is 11.5. The van der Waals surface area contributed by atoms with Gasteiger partial charge in [-0.3, -0.25) is 9.64 Å². The van der Waals surface area contributed by atoms with Crippen molar-refractivity contribution in [3.8, 4) is 0 Å². The van der Waals surface area contributed by atoms with Crippen molar-refractivity contribution in [2.24, 2.45) is 0 Å². The Morgan fingerprint density at radius 3 is 2.76 bits per heavy atom. The van der Waals surface area contributed by atoms with Gasteiger partial charge in [-0.05, 0) is 12.1 Å². The van der Waals surface area contributed by atoms with Crippen LogP contribution in [-0.4, -0.2) is 51.7 Å². The summed E-state index contributed by atoms with van der Waals surface area (Å²) in [7, 11) is 4.94. The Morgan fingerprint density at radius 1 is 1.47 bits per heavy atom. The van der Waals surface area contributed by atoms with E-state index in [0.717, 1.165) is 4.74 Å². The predicted molar refractivity (Wildman–Crippen MR) is 66.2 cm³/mol. The number of nitrogens with zero attached hydrogens (tertiary/aromatic N) is 5. The van der Waals surface area contributed by atoms with Gasteiger partial charge in [0.05, 0.1) is 21.1 Å². The van der Waals surface area contributed by atoms with Gasteiger partial charge in [0.25, 0.3) is 0 Å². The van der Waals surface area contributed by atoms with Gasteiger partial charge in [0.1, 0.15) is 5.52 Å². The molecule has 0 fully saturated rings. The molecule has 0 N–H and O–H groups in total. The Kier molecular flexibility index (Phi) is 2.89. The number of hydroxylamine groups is 1. The minimum atomic E-state index is 0.370. The molecule has 2 rings (SSSR count). The van der Waals surface area contributed by atoms with E-state index in [2.05, 4.69) is 10.3 Å². The van der Waals surface area contributed by atoms with Crippen LogP contribution in [0.4, 0.5) is 0 Å². The molecule has 0 aliphatic rings. The molecule has 1 aromatic carbocycles. The first-order chi connectivity index (χ1) is 8.00. The van der Waals surface area contributed by atoms with Crippen LogP contribution >= 0.6 is 11.6 Å². The van der Waals surface area contributed by atoms with Crippen LogP contribution < -0.4 is 0 Å². The lowest BCUT2D eigenvalue weighted by Crippen LogP contribution is -2.36. The molecule has 0 bridgehead atoms. The van der Waals surface area contributed by atoms with Crippen molar-refractivity contribution in [3.05, 3.63) is 28.4 Å². The van der Waals surface area contributed by atoms with Crippen LogP contribution in [0.25, 0.3) is 11.0 Å². The fourth-order valence-corrected chi connectivity index (χ4v) is 1.81. The molecule has 0 spiro atoms. The topological polar surface area (TPSA) is 60.0 Å². The van der Waals surface area contributed by atoms with Crippen molar-refractivity contribution < 1.29 is 4.74 Å². The number of rotatable bonds is 0. The highest BCUT2D eigenvalue weighted by Crippen LogP contribution is 2.17. The molecular formula is C10H12ClN5O. The molecule has 2 aromatic rings. The fourth-order valence-electron chi connectivity index (χ4n) is 1.64. The van der Waals surface area contributed by atoms with E-state index in [4.69, 9.17) is 11.6 Å². The van der Waals surface area contributed by atoms with Crippen molar-refractivity contribution in [1.82, 2.24) is 19.9 Å². The molecular weight excluding hydrogens is 242 g/mol. The second-order valence-corrected chi connectivity index (χ2v) is 4.26. The SMILES string of the molecule is CN(C)/C(n1nnc2ccc(Cl)cc21)=[N+](\C)[O-]. The number of halogens is 1. The van der Waals surface area contributed by atoms with Gasteiger partial charge in [0.2, 0.25) is 0 Å². The molecule has 0 aliphatic carbocycles. The number of aromatic nitrogens is 3. The van der Waals surface area contributed by atoms with Crippen LogP contribution in [-0.2, 0) is 0 Å². The third kappa shape index (κ3) is 2.03. The maximum Gasteiger partial charge on any atom is 0.381 e. The zero-order valence-electron chi connectivity index (χ0n) is 9.75. The second-order valence-electron chi connectivity index (χ2n) is 3.83. The fraction of sp³-hybridized carbons (Fsp3) is 0.300. The van der Waals surface area contributed by atoms with Crippen molar-refractivity contribution >= 4 is 28.6 Å². The maximum atomic E-state index is 11.5. The van der Waals surface area contributed by atoms with Crippen LogP contribution in [0, 0.1) is 5.21 Å². The molecule has 17 heavy (non-hydrogen) atoms. The summed E-state index contributed by atoms with van der Waals surface area (Å²) in [5.41, 5.74) is 1.39. The predicted octanol–water partition coefficient (Wildman–Crippen LogP) is 0.990. The van der Waals surface area contributed by atoms with Gasteiger partial charge in [-0.1, -0.05) is 16.3 Å². The Hall–Kier alpha value is -1.82. The highest BCUT2D eigenvalue weighted by Gasteiger charge is 2.20. The van der Waals surface area contributed by atoms with Crippen LogP contribution in [0.1, 0.15) is 0 Å². The molecule has 6 nitrogen and oxygen atoms in total. The molecule has 7 heteroatoms. The first kappa shape index (κ1) is 11.7. The first-order valence-electron chi connectivity index (χ1n) is 4.97. The van der Waals surface area contributed by atoms with Crippen LogP contribution in [0.2, 0.25) is 5.02 Å². The minimum absolute atomic E-state index is 0.370. The summed E-state index contributed by atoms with van der Waals surface area (Å²) in [6, 6.07) is 5.22. The van der Waals surface area contributed by atoms with Crippen molar-refractivity contribution in [2.45, 2.75) is 0 Å². The summed E-state index contributed by atoms with van der Waals surface area (Å²) in [5, 5.41) is 20.1. The quantitative estimate of drug-likeness (QED) is 0.231. The van der Waals surface area contributed by atoms with Gasteiger partial charge < -0.3 is 5.21 Å². The number of fused-ring (bicyclic) bond motifs is 1. The largest absolute Gasteiger partial charge is 0.745 e. The molecule has 0 saturated carbocycles. The van der Waals surface area contributed by atoms with E-state index in [0.29, 0.717) is 22.0 Å². The molecule has 90 valence electrons. The average molecular weight is 254 g/mol. The number of hydrogen-bond acceptors (Lipinski definition) is 3. The van der Waals surface area contributed by atoms with Crippen LogP contribution in [0.5, 0.6) is 0 Å². The molecule has 0 radical (unpaired) electrons. The first-order valence-corrected chi connectivity index (χ1v) is 5.35. The van der Waals surface area contributed by atoms with E-state index in [1.807, 2.05) is 0 Å². The van der Waals surface area contributed by atoms with Gasteiger partial charge in [-0.15, -0.1) is 5.10 Å². The van der Waals surface area contributed by atoms with Gasteiger partial charge in [0.15, 0.2) is 5.52 Å². The lowest BCUT2D eigenvalue weighted by atomic mass is 10.3. The zero-order valence-corrected chi connectivity index (χ0v) is 10.5. The number of hydrogen-bond donors (Lipinski definition) is 0.